The van der Waals surface area contributed by atoms with E-state index in [0.717, 1.165) is 28.3 Å². The maximum atomic E-state index is 14.7. The fraction of sp³-hybridized carbons (Fsp3) is 0.278. The number of hydrogen-bond donors (Lipinski definition) is 1. The van der Waals surface area contributed by atoms with Gasteiger partial charge in [0.2, 0.25) is 11.8 Å². The van der Waals surface area contributed by atoms with Crippen LogP contribution in [0.5, 0.6) is 5.75 Å². The average molecular weight is 731 g/mol. The van der Waals surface area contributed by atoms with Crippen molar-refractivity contribution >= 4 is 62.3 Å². The van der Waals surface area contributed by atoms with E-state index in [2.05, 4.69) is 5.32 Å². The second kappa shape index (κ2) is 17.1. The van der Waals surface area contributed by atoms with Gasteiger partial charge in [0.25, 0.3) is 10.0 Å². The number of amides is 2. The van der Waals surface area contributed by atoms with Crippen LogP contribution in [0.4, 0.5) is 5.69 Å². The summed E-state index contributed by atoms with van der Waals surface area (Å²) in [4.78, 5) is 29.9. The van der Waals surface area contributed by atoms with Crippen molar-refractivity contribution in [1.29, 1.82) is 0 Å². The zero-order valence-corrected chi connectivity index (χ0v) is 30.0. The second-order valence-electron chi connectivity index (χ2n) is 11.2. The zero-order chi connectivity index (χ0) is 34.8. The minimum atomic E-state index is -4.31. The monoisotopic (exact) mass is 729 g/mol. The Bertz CT molecular complexity index is 1800. The molecule has 0 bridgehead atoms. The Kier molecular flexibility index (Phi) is 13.2. The molecule has 0 saturated heterocycles. The summed E-state index contributed by atoms with van der Waals surface area (Å²) in [6, 6.07) is 24.0. The smallest absolute Gasteiger partial charge is 0.264 e. The summed E-state index contributed by atoms with van der Waals surface area (Å²) in [5.74, 6) is -0.703. The summed E-state index contributed by atoms with van der Waals surface area (Å²) in [7, 11) is -2.87. The minimum Gasteiger partial charge on any atom is -0.495 e. The third kappa shape index (κ3) is 9.23. The Morgan fingerprint density at radius 2 is 1.54 bits per heavy atom. The van der Waals surface area contributed by atoms with Crippen LogP contribution >= 0.6 is 34.8 Å². The number of rotatable bonds is 15. The van der Waals surface area contributed by atoms with E-state index in [0.29, 0.717) is 27.9 Å². The Hall–Kier alpha value is -3.76. The highest BCUT2D eigenvalue weighted by atomic mass is 35.5. The largest absolute Gasteiger partial charge is 0.495 e. The molecule has 0 saturated carbocycles. The molecule has 12 heteroatoms. The molecule has 0 aliphatic heterocycles. The van der Waals surface area contributed by atoms with Crippen molar-refractivity contribution in [2.24, 2.45) is 0 Å². The Morgan fingerprint density at radius 3 is 2.15 bits per heavy atom. The maximum Gasteiger partial charge on any atom is 0.264 e. The van der Waals surface area contributed by atoms with Crippen molar-refractivity contribution in [3.63, 3.8) is 0 Å². The molecule has 0 aliphatic rings. The lowest BCUT2D eigenvalue weighted by atomic mass is 10.0. The van der Waals surface area contributed by atoms with Crippen LogP contribution in [0, 0.1) is 6.92 Å². The summed E-state index contributed by atoms with van der Waals surface area (Å²) in [6.45, 7) is 3.45. The first kappa shape index (κ1) is 37.1. The normalized spacial score (nSPS) is 11.9. The number of aryl methyl sites for hydroxylation is 1. The highest BCUT2D eigenvalue weighted by Crippen LogP contribution is 2.33. The number of nitrogens with one attached hydrogen (secondary N) is 1. The van der Waals surface area contributed by atoms with Crippen molar-refractivity contribution in [3.8, 4) is 5.75 Å². The summed E-state index contributed by atoms with van der Waals surface area (Å²) < 4.78 is 34.8. The van der Waals surface area contributed by atoms with Gasteiger partial charge in [0.15, 0.2) is 0 Å². The van der Waals surface area contributed by atoms with Crippen molar-refractivity contribution in [2.75, 3.05) is 24.5 Å². The molecule has 1 atom stereocenters. The number of hydrogen-bond acceptors (Lipinski definition) is 5. The number of benzene rings is 4. The molecule has 0 heterocycles. The summed E-state index contributed by atoms with van der Waals surface area (Å²) >= 11 is 19.6. The van der Waals surface area contributed by atoms with Gasteiger partial charge < -0.3 is 15.0 Å². The van der Waals surface area contributed by atoms with Crippen LogP contribution < -0.4 is 14.4 Å². The average Bonchev–Trinajstić information content (AvgIpc) is 3.07. The number of anilines is 1. The number of unbranched alkanes of at least 4 members (excludes halogenated alkanes) is 1. The molecule has 2 amide bonds. The third-order valence-corrected chi connectivity index (χ3v) is 10.6. The molecule has 8 nitrogen and oxygen atoms in total. The van der Waals surface area contributed by atoms with Crippen LogP contribution in [0.1, 0.15) is 36.5 Å². The van der Waals surface area contributed by atoms with Gasteiger partial charge in [-0.3, -0.25) is 13.9 Å². The molecule has 254 valence electrons. The number of sulfonamides is 1. The lowest BCUT2D eigenvalue weighted by Crippen LogP contribution is -2.53. The molecule has 0 fully saturated rings. The van der Waals surface area contributed by atoms with E-state index in [9.17, 15) is 18.0 Å². The summed E-state index contributed by atoms with van der Waals surface area (Å²) in [6.07, 6.45) is 1.76. The fourth-order valence-electron chi connectivity index (χ4n) is 5.09. The molecule has 4 aromatic rings. The van der Waals surface area contributed by atoms with Crippen molar-refractivity contribution in [2.45, 2.75) is 50.6 Å². The lowest BCUT2D eigenvalue weighted by molar-refractivity contribution is -0.140. The number of carbonyl (C=O) groups is 2. The van der Waals surface area contributed by atoms with Crippen LogP contribution in [0.25, 0.3) is 0 Å². The van der Waals surface area contributed by atoms with Gasteiger partial charge in [-0.1, -0.05) is 102 Å². The number of ether oxygens (including phenoxy) is 1. The molecule has 1 N–H and O–H groups in total. The van der Waals surface area contributed by atoms with Gasteiger partial charge in [-0.2, -0.15) is 0 Å². The van der Waals surface area contributed by atoms with Crippen molar-refractivity contribution in [3.05, 3.63) is 123 Å². The molecule has 0 aromatic heterocycles. The predicted octanol–water partition coefficient (Wildman–Crippen LogP) is 7.72. The van der Waals surface area contributed by atoms with Gasteiger partial charge in [-0.25, -0.2) is 8.42 Å². The Labute approximate surface area is 297 Å². The van der Waals surface area contributed by atoms with Gasteiger partial charge >= 0.3 is 0 Å². The lowest BCUT2D eigenvalue weighted by Gasteiger charge is -2.34. The quantitative estimate of drug-likeness (QED) is 0.127. The number of halogens is 3. The maximum absolute atomic E-state index is 14.7. The molecule has 0 unspecified atom stereocenters. The molecule has 4 rings (SSSR count). The minimum absolute atomic E-state index is 0.0216. The standard InChI is InChI=1S/C36H38Cl3N3O5S/c1-4-5-20-40-36(44)33(21-26-10-7-6-8-11-26)41(23-29-30(37)12-9-13-31(29)38)35(43)24-42(27-16-19-34(47-3)32(39)22-27)48(45,46)28-17-14-25(2)15-18-28/h6-19,22,33H,4-5,20-21,23-24H2,1-3H3,(H,40,44)/t33-/m0/s1. The molecular weight excluding hydrogens is 693 g/mol. The molecule has 0 radical (unpaired) electrons. The SMILES string of the molecule is CCCCNC(=O)[C@H](Cc1ccccc1)N(Cc1c(Cl)cccc1Cl)C(=O)CN(c1ccc(OC)c(Cl)c1)S(=O)(=O)c1ccc(C)cc1. The Balaban J connectivity index is 1.85. The molecule has 4 aromatic carbocycles. The van der Waals surface area contributed by atoms with Gasteiger partial charge in [-0.15, -0.1) is 0 Å². The molecule has 0 spiro atoms. The van der Waals surface area contributed by atoms with Crippen LogP contribution in [-0.2, 0) is 32.6 Å². The summed E-state index contributed by atoms with van der Waals surface area (Å²) in [5, 5.41) is 3.72. The van der Waals surface area contributed by atoms with Crippen molar-refractivity contribution < 1.29 is 22.7 Å². The topological polar surface area (TPSA) is 96.0 Å². The van der Waals surface area contributed by atoms with E-state index < -0.39 is 28.5 Å². The van der Waals surface area contributed by atoms with Crippen LogP contribution in [0.15, 0.2) is 95.9 Å². The summed E-state index contributed by atoms with van der Waals surface area (Å²) in [5.41, 5.74) is 2.23. The first-order valence-electron chi connectivity index (χ1n) is 15.4. The van der Waals surface area contributed by atoms with Gasteiger partial charge in [0, 0.05) is 35.1 Å². The van der Waals surface area contributed by atoms with Gasteiger partial charge in [0.05, 0.1) is 22.7 Å². The third-order valence-electron chi connectivity index (χ3n) is 7.80. The van der Waals surface area contributed by atoms with Crippen LogP contribution in [0.2, 0.25) is 15.1 Å². The van der Waals surface area contributed by atoms with E-state index in [4.69, 9.17) is 39.5 Å². The Morgan fingerprint density at radius 1 is 0.875 bits per heavy atom. The first-order chi connectivity index (χ1) is 23.0. The van der Waals surface area contributed by atoms with E-state index in [1.165, 1.54) is 42.3 Å². The predicted molar refractivity (Wildman–Crippen MR) is 193 cm³/mol. The molecule has 48 heavy (non-hydrogen) atoms. The highest BCUT2D eigenvalue weighted by Gasteiger charge is 2.35. The number of carbonyl (C=O) groups excluding carboxylic acids is 2. The van der Waals surface area contributed by atoms with E-state index in [1.54, 1.807) is 30.3 Å². The molecular formula is C36H38Cl3N3O5S. The van der Waals surface area contributed by atoms with Crippen LogP contribution in [-0.4, -0.2) is 51.4 Å². The van der Waals surface area contributed by atoms with Gasteiger partial charge in [0.1, 0.15) is 18.3 Å². The van der Waals surface area contributed by atoms with Crippen molar-refractivity contribution in [1.82, 2.24) is 10.2 Å². The highest BCUT2D eigenvalue weighted by molar-refractivity contribution is 7.92. The van der Waals surface area contributed by atoms with Gasteiger partial charge in [-0.05, 0) is 61.4 Å². The van der Waals surface area contributed by atoms with E-state index >= 15 is 0 Å². The number of methoxy groups -OCH3 is 1. The molecule has 0 aliphatic carbocycles. The first-order valence-corrected chi connectivity index (χ1v) is 18.0. The van der Waals surface area contributed by atoms with E-state index in [-0.39, 0.29) is 34.5 Å². The second-order valence-corrected chi connectivity index (χ2v) is 14.3. The number of nitrogens with zero attached hydrogens (tertiary/aromatic N) is 2. The van der Waals surface area contributed by atoms with Crippen LogP contribution in [0.3, 0.4) is 0 Å². The zero-order valence-electron chi connectivity index (χ0n) is 27.0. The fourth-order valence-corrected chi connectivity index (χ4v) is 7.27. The van der Waals surface area contributed by atoms with E-state index in [1.807, 2.05) is 44.2 Å².